The van der Waals surface area contributed by atoms with Crippen molar-refractivity contribution in [1.29, 1.82) is 0 Å². The lowest BCUT2D eigenvalue weighted by Crippen LogP contribution is -2.57. The van der Waals surface area contributed by atoms with Crippen molar-refractivity contribution in [2.45, 2.75) is 69.4 Å². The number of methoxy groups -OCH3 is 1. The highest BCUT2D eigenvalue weighted by molar-refractivity contribution is 5.85. The second kappa shape index (κ2) is 7.39. The van der Waals surface area contributed by atoms with Crippen molar-refractivity contribution < 1.29 is 14.3 Å². The van der Waals surface area contributed by atoms with Gasteiger partial charge in [-0.15, -0.1) is 12.4 Å². The van der Waals surface area contributed by atoms with Gasteiger partial charge in [0, 0.05) is 12.0 Å². The van der Waals surface area contributed by atoms with Crippen LogP contribution >= 0.6 is 12.4 Å². The van der Waals surface area contributed by atoms with E-state index in [9.17, 15) is 9.59 Å². The molecule has 3 saturated carbocycles. The van der Waals surface area contributed by atoms with Gasteiger partial charge in [-0.1, -0.05) is 6.42 Å². The van der Waals surface area contributed by atoms with Gasteiger partial charge in [-0.05, 0) is 56.8 Å². The highest BCUT2D eigenvalue weighted by atomic mass is 35.5. The maximum absolute atomic E-state index is 12.7. The van der Waals surface area contributed by atoms with E-state index >= 15 is 0 Å². The summed E-state index contributed by atoms with van der Waals surface area (Å²) < 4.78 is 4.78. The molecule has 0 aromatic rings. The Hall–Kier alpha value is -0.810. The molecular formula is C17H29ClN2O3. The van der Waals surface area contributed by atoms with Crippen LogP contribution in [0.5, 0.6) is 0 Å². The predicted octanol–water partition coefficient (Wildman–Crippen LogP) is 2.16. The molecule has 2 unspecified atom stereocenters. The number of ether oxygens (including phenoxy) is 1. The number of halogens is 1. The largest absolute Gasteiger partial charge is 0.469 e. The number of carbonyl (C=O) groups is 2. The number of amides is 1. The molecule has 3 N–H and O–H groups in total. The molecule has 0 aliphatic heterocycles. The molecule has 0 heterocycles. The van der Waals surface area contributed by atoms with E-state index in [0.29, 0.717) is 18.3 Å². The van der Waals surface area contributed by atoms with Crippen LogP contribution in [-0.4, -0.2) is 30.6 Å². The second-order valence-electron chi connectivity index (χ2n) is 7.57. The fraction of sp³-hybridized carbons (Fsp3) is 0.882. The summed E-state index contributed by atoms with van der Waals surface area (Å²) in [5.74, 6) is 0.975. The summed E-state index contributed by atoms with van der Waals surface area (Å²) in [6.45, 7) is 0. The number of nitrogens with one attached hydrogen (secondary N) is 1. The number of carbonyl (C=O) groups excluding carboxylic acids is 2. The predicted molar refractivity (Wildman–Crippen MR) is 90.1 cm³/mol. The monoisotopic (exact) mass is 344 g/mol. The molecule has 0 aromatic carbocycles. The molecule has 2 bridgehead atoms. The average Bonchev–Trinajstić information content (AvgIpc) is 2.44. The first-order chi connectivity index (χ1) is 10.5. The molecule has 0 spiro atoms. The van der Waals surface area contributed by atoms with Gasteiger partial charge in [0.1, 0.15) is 0 Å². The van der Waals surface area contributed by atoms with Crippen molar-refractivity contribution in [2.75, 3.05) is 7.11 Å². The molecule has 5 nitrogen and oxygen atoms in total. The molecule has 0 saturated heterocycles. The third-order valence-corrected chi connectivity index (χ3v) is 6.19. The van der Waals surface area contributed by atoms with Gasteiger partial charge in [-0.3, -0.25) is 9.59 Å². The van der Waals surface area contributed by atoms with Crippen LogP contribution in [0.25, 0.3) is 0 Å². The van der Waals surface area contributed by atoms with E-state index in [0.717, 1.165) is 44.9 Å². The van der Waals surface area contributed by atoms with E-state index in [2.05, 4.69) is 5.32 Å². The van der Waals surface area contributed by atoms with E-state index in [4.69, 9.17) is 10.5 Å². The van der Waals surface area contributed by atoms with E-state index in [-0.39, 0.29) is 41.8 Å². The van der Waals surface area contributed by atoms with Crippen LogP contribution in [0.2, 0.25) is 0 Å². The summed E-state index contributed by atoms with van der Waals surface area (Å²) in [6.07, 6.45) is 8.54. The Morgan fingerprint density at radius 3 is 2.26 bits per heavy atom. The molecule has 0 aromatic heterocycles. The Morgan fingerprint density at radius 1 is 1.17 bits per heavy atom. The summed E-state index contributed by atoms with van der Waals surface area (Å²) in [5, 5.41) is 3.19. The normalized spacial score (nSPS) is 34.5. The van der Waals surface area contributed by atoms with E-state index in [1.165, 1.54) is 13.5 Å². The van der Waals surface area contributed by atoms with Crippen molar-refractivity contribution in [3.63, 3.8) is 0 Å². The van der Waals surface area contributed by atoms with E-state index in [1.807, 2.05) is 0 Å². The zero-order valence-corrected chi connectivity index (χ0v) is 14.7. The molecule has 2 atom stereocenters. The highest BCUT2D eigenvalue weighted by Crippen LogP contribution is 2.43. The van der Waals surface area contributed by atoms with Crippen molar-refractivity contribution in [2.24, 2.45) is 23.5 Å². The molecule has 23 heavy (non-hydrogen) atoms. The van der Waals surface area contributed by atoms with Crippen molar-refractivity contribution in [3.8, 4) is 0 Å². The Morgan fingerprint density at radius 2 is 1.78 bits per heavy atom. The van der Waals surface area contributed by atoms with Gasteiger partial charge in [0.05, 0.1) is 19.1 Å². The summed E-state index contributed by atoms with van der Waals surface area (Å²) >= 11 is 0. The van der Waals surface area contributed by atoms with Gasteiger partial charge in [0.15, 0.2) is 0 Å². The van der Waals surface area contributed by atoms with Crippen LogP contribution in [0.15, 0.2) is 0 Å². The fourth-order valence-electron chi connectivity index (χ4n) is 4.66. The van der Waals surface area contributed by atoms with Gasteiger partial charge < -0.3 is 15.8 Å². The first-order valence-electron chi connectivity index (χ1n) is 8.67. The molecule has 3 fully saturated rings. The lowest BCUT2D eigenvalue weighted by molar-refractivity contribution is -0.144. The van der Waals surface area contributed by atoms with E-state index < -0.39 is 0 Å². The maximum atomic E-state index is 12.7. The quantitative estimate of drug-likeness (QED) is 0.766. The van der Waals surface area contributed by atoms with Crippen LogP contribution in [0.3, 0.4) is 0 Å². The Labute approximate surface area is 144 Å². The Kier molecular flexibility index (Phi) is 5.95. The Balaban J connectivity index is 0.00000192. The van der Waals surface area contributed by atoms with E-state index in [1.54, 1.807) is 0 Å². The van der Waals surface area contributed by atoms with Gasteiger partial charge in [-0.2, -0.15) is 0 Å². The lowest BCUT2D eigenvalue weighted by atomic mass is 9.64. The average molecular weight is 345 g/mol. The second-order valence-corrected chi connectivity index (χ2v) is 7.57. The maximum Gasteiger partial charge on any atom is 0.307 e. The van der Waals surface area contributed by atoms with Gasteiger partial charge in [0.25, 0.3) is 0 Å². The molecule has 0 radical (unpaired) electrons. The third kappa shape index (κ3) is 3.82. The number of esters is 1. The topological polar surface area (TPSA) is 81.4 Å². The lowest BCUT2D eigenvalue weighted by Gasteiger charge is -2.46. The number of fused-ring (bicyclic) bond motifs is 2. The molecule has 3 rings (SSSR count). The van der Waals surface area contributed by atoms with Crippen LogP contribution in [0.1, 0.15) is 57.8 Å². The number of hydrogen-bond acceptors (Lipinski definition) is 4. The fourth-order valence-corrected chi connectivity index (χ4v) is 4.66. The zero-order valence-electron chi connectivity index (χ0n) is 13.9. The molecule has 3 aliphatic rings. The smallest absolute Gasteiger partial charge is 0.307 e. The van der Waals surface area contributed by atoms with Gasteiger partial charge in [0.2, 0.25) is 5.91 Å². The first kappa shape index (κ1) is 18.5. The van der Waals surface area contributed by atoms with Crippen molar-refractivity contribution >= 4 is 24.3 Å². The zero-order chi connectivity index (χ0) is 15.7. The highest BCUT2D eigenvalue weighted by Gasteiger charge is 2.45. The molecule has 6 heteroatoms. The standard InChI is InChI=1S/C17H28N2O3.ClH/c1-22-14(20)10-17(6-3-7-17)19-16(21)13-8-11-4-2-5-12(9-13)15(11)18;/h11-13,15H,2-10,18H2,1H3,(H,19,21);1H. The number of nitrogens with two attached hydrogens (primary N) is 1. The molecule has 132 valence electrons. The summed E-state index contributed by atoms with van der Waals surface area (Å²) in [4.78, 5) is 24.3. The minimum atomic E-state index is -0.348. The van der Waals surface area contributed by atoms with Gasteiger partial charge in [-0.25, -0.2) is 0 Å². The third-order valence-electron chi connectivity index (χ3n) is 6.19. The molecular weight excluding hydrogens is 316 g/mol. The van der Waals surface area contributed by atoms with Crippen LogP contribution < -0.4 is 11.1 Å². The minimum Gasteiger partial charge on any atom is -0.469 e. The first-order valence-corrected chi connectivity index (χ1v) is 8.67. The number of hydrogen-bond donors (Lipinski definition) is 2. The van der Waals surface area contributed by atoms with Crippen LogP contribution in [0, 0.1) is 17.8 Å². The number of rotatable bonds is 4. The summed E-state index contributed by atoms with van der Waals surface area (Å²) in [7, 11) is 1.40. The Bertz CT molecular complexity index is 439. The SMILES string of the molecule is COC(=O)CC1(NC(=O)C2CC3CCCC(C2)C3N)CCC1.Cl. The molecule has 3 aliphatic carbocycles. The summed E-state index contributed by atoms with van der Waals surface area (Å²) in [6, 6.07) is 0.283. The van der Waals surface area contributed by atoms with Gasteiger partial charge >= 0.3 is 5.97 Å². The van der Waals surface area contributed by atoms with Crippen LogP contribution in [0.4, 0.5) is 0 Å². The molecule has 1 amide bonds. The van der Waals surface area contributed by atoms with Crippen LogP contribution in [-0.2, 0) is 14.3 Å². The van der Waals surface area contributed by atoms with Crippen molar-refractivity contribution in [3.05, 3.63) is 0 Å². The minimum absolute atomic E-state index is 0. The summed E-state index contributed by atoms with van der Waals surface area (Å²) in [5.41, 5.74) is 5.95. The van der Waals surface area contributed by atoms with Crippen molar-refractivity contribution in [1.82, 2.24) is 5.32 Å².